The summed E-state index contributed by atoms with van der Waals surface area (Å²) in [5.74, 6) is 2.06. The molecule has 0 radical (unpaired) electrons. The van der Waals surface area contributed by atoms with Gasteiger partial charge in [0.25, 0.3) is 0 Å². The molecule has 7 heteroatoms. The molecule has 1 N–H and O–H groups in total. The minimum atomic E-state index is -0.157. The van der Waals surface area contributed by atoms with Crippen LogP contribution in [0.25, 0.3) is 22.5 Å². The molecule has 2 aromatic heterocycles. The monoisotopic (exact) mass is 380 g/mol. The Kier molecular flexibility index (Phi) is 4.84. The van der Waals surface area contributed by atoms with Crippen LogP contribution in [0.4, 0.5) is 5.82 Å². The second-order valence-electron chi connectivity index (χ2n) is 5.72. The van der Waals surface area contributed by atoms with E-state index in [1.807, 2.05) is 54.6 Å². The number of anilines is 1. The lowest BCUT2D eigenvalue weighted by Gasteiger charge is -2.01. The number of hydrogen-bond donors (Lipinski definition) is 1. The highest BCUT2D eigenvalue weighted by Gasteiger charge is 2.15. The molecule has 6 nitrogen and oxygen atoms in total. The molecular formula is C20H16N2O4S. The fourth-order valence-electron chi connectivity index (χ4n) is 2.61. The van der Waals surface area contributed by atoms with Crippen LogP contribution in [0.15, 0.2) is 74.5 Å². The number of rotatable bonds is 6. The Hall–Kier alpha value is -3.19. The van der Waals surface area contributed by atoms with Crippen LogP contribution in [0.5, 0.6) is 5.75 Å². The Morgan fingerprint density at radius 3 is 2.78 bits per heavy atom. The lowest BCUT2D eigenvalue weighted by atomic mass is 10.2. The summed E-state index contributed by atoms with van der Waals surface area (Å²) in [5, 5.41) is 7.51. The minimum Gasteiger partial charge on any atom is -0.493 e. The Morgan fingerprint density at radius 2 is 1.96 bits per heavy atom. The van der Waals surface area contributed by atoms with E-state index in [1.165, 1.54) is 11.8 Å². The molecule has 0 atom stereocenters. The molecule has 0 aliphatic carbocycles. The Labute approximate surface area is 159 Å². The zero-order valence-electron chi connectivity index (χ0n) is 14.5. The summed E-state index contributed by atoms with van der Waals surface area (Å²) in [6, 6.07) is 18.8. The van der Waals surface area contributed by atoms with Gasteiger partial charge in [-0.25, -0.2) is 0 Å². The molecule has 0 fully saturated rings. The molecule has 4 rings (SSSR count). The van der Waals surface area contributed by atoms with Gasteiger partial charge in [0.2, 0.25) is 11.7 Å². The highest BCUT2D eigenvalue weighted by atomic mass is 32.2. The average Bonchev–Trinajstić information content (AvgIpc) is 3.33. The first kappa shape index (κ1) is 17.2. The third-order valence-corrected chi connectivity index (χ3v) is 4.87. The van der Waals surface area contributed by atoms with Gasteiger partial charge in [-0.2, -0.15) is 0 Å². The van der Waals surface area contributed by atoms with E-state index in [4.69, 9.17) is 13.7 Å². The maximum absolute atomic E-state index is 12.1. The van der Waals surface area contributed by atoms with Crippen molar-refractivity contribution in [1.82, 2.24) is 5.16 Å². The van der Waals surface area contributed by atoms with Crippen molar-refractivity contribution < 1.29 is 18.5 Å². The van der Waals surface area contributed by atoms with Crippen molar-refractivity contribution in [2.24, 2.45) is 0 Å². The maximum Gasteiger partial charge on any atom is 0.235 e. The fraction of sp³-hybridized carbons (Fsp3) is 0.100. The molecule has 2 aromatic carbocycles. The van der Waals surface area contributed by atoms with Crippen molar-refractivity contribution in [2.45, 2.75) is 4.90 Å². The first-order valence-corrected chi connectivity index (χ1v) is 9.23. The van der Waals surface area contributed by atoms with E-state index in [0.29, 0.717) is 28.7 Å². The molecule has 136 valence electrons. The van der Waals surface area contributed by atoms with Crippen LogP contribution in [0.1, 0.15) is 0 Å². The quantitative estimate of drug-likeness (QED) is 0.483. The zero-order valence-corrected chi connectivity index (χ0v) is 15.3. The molecular weight excluding hydrogens is 364 g/mol. The number of hydrogen-bond acceptors (Lipinski definition) is 6. The Morgan fingerprint density at radius 1 is 1.11 bits per heavy atom. The summed E-state index contributed by atoms with van der Waals surface area (Å²) in [7, 11) is 1.59. The van der Waals surface area contributed by atoms with Gasteiger partial charge in [-0.05, 0) is 24.3 Å². The molecule has 1 amide bonds. The normalized spacial score (nSPS) is 10.9. The molecule has 0 aliphatic rings. The van der Waals surface area contributed by atoms with E-state index in [0.717, 1.165) is 10.3 Å². The van der Waals surface area contributed by atoms with Crippen molar-refractivity contribution >= 4 is 34.5 Å². The largest absolute Gasteiger partial charge is 0.493 e. The highest BCUT2D eigenvalue weighted by Crippen LogP contribution is 2.34. The first-order chi connectivity index (χ1) is 13.2. The first-order valence-electron chi connectivity index (χ1n) is 8.24. The van der Waals surface area contributed by atoms with E-state index in [1.54, 1.807) is 13.2 Å². The van der Waals surface area contributed by atoms with Gasteiger partial charge in [0.1, 0.15) is 0 Å². The molecule has 0 spiro atoms. The second-order valence-corrected chi connectivity index (χ2v) is 6.76. The number of para-hydroxylation sites is 1. The molecule has 0 saturated carbocycles. The topological polar surface area (TPSA) is 77.5 Å². The summed E-state index contributed by atoms with van der Waals surface area (Å²) < 4.78 is 16.4. The van der Waals surface area contributed by atoms with Crippen molar-refractivity contribution in [1.29, 1.82) is 0 Å². The standard InChI is InChI=1S/C20H16N2O4S/c1-24-15-9-5-6-13-10-16(25-20(13)15)17-11-18(22-26-17)21-19(23)12-27-14-7-3-2-4-8-14/h2-11H,12H2,1H3,(H,21,22,23). The Bertz CT molecular complexity index is 1070. The SMILES string of the molecule is COc1cccc2cc(-c3cc(NC(=O)CSc4ccccc4)no3)oc12. The highest BCUT2D eigenvalue weighted by molar-refractivity contribution is 8.00. The number of thioether (sulfide) groups is 1. The number of carbonyl (C=O) groups excluding carboxylic acids is 1. The lowest BCUT2D eigenvalue weighted by molar-refractivity contribution is -0.113. The summed E-state index contributed by atoms with van der Waals surface area (Å²) in [4.78, 5) is 13.1. The fourth-order valence-corrected chi connectivity index (χ4v) is 3.33. The van der Waals surface area contributed by atoms with Gasteiger partial charge < -0.3 is 19.0 Å². The molecule has 4 aromatic rings. The smallest absolute Gasteiger partial charge is 0.235 e. The van der Waals surface area contributed by atoms with Crippen molar-refractivity contribution in [3.8, 4) is 17.3 Å². The van der Waals surface area contributed by atoms with Gasteiger partial charge in [0.15, 0.2) is 22.9 Å². The minimum absolute atomic E-state index is 0.157. The molecule has 0 aliphatic heterocycles. The predicted octanol–water partition coefficient (Wildman–Crippen LogP) is 4.83. The number of furan rings is 1. The van der Waals surface area contributed by atoms with E-state index >= 15 is 0 Å². The van der Waals surface area contributed by atoms with Crippen molar-refractivity contribution in [3.05, 3.63) is 60.7 Å². The summed E-state index contributed by atoms with van der Waals surface area (Å²) in [6.07, 6.45) is 0. The second kappa shape index (κ2) is 7.59. The van der Waals surface area contributed by atoms with Crippen LogP contribution in [-0.4, -0.2) is 23.9 Å². The van der Waals surface area contributed by atoms with Gasteiger partial charge in [0, 0.05) is 16.3 Å². The number of carbonyl (C=O) groups is 1. The molecule has 0 bridgehead atoms. The van der Waals surface area contributed by atoms with E-state index in [9.17, 15) is 4.79 Å². The van der Waals surface area contributed by atoms with Crippen LogP contribution < -0.4 is 10.1 Å². The predicted molar refractivity (Wildman–Crippen MR) is 104 cm³/mol. The molecule has 0 unspecified atom stereocenters. The third-order valence-electron chi connectivity index (χ3n) is 3.86. The average molecular weight is 380 g/mol. The number of amides is 1. The van der Waals surface area contributed by atoms with Crippen LogP contribution >= 0.6 is 11.8 Å². The summed E-state index contributed by atoms with van der Waals surface area (Å²) in [5.41, 5.74) is 0.635. The van der Waals surface area contributed by atoms with Crippen LogP contribution in [0.3, 0.4) is 0 Å². The lowest BCUT2D eigenvalue weighted by Crippen LogP contribution is -2.14. The molecule has 0 saturated heterocycles. The summed E-state index contributed by atoms with van der Waals surface area (Å²) >= 11 is 1.46. The number of nitrogens with one attached hydrogen (secondary N) is 1. The molecule has 27 heavy (non-hydrogen) atoms. The van der Waals surface area contributed by atoms with Gasteiger partial charge in [-0.1, -0.05) is 35.5 Å². The number of aromatic nitrogens is 1. The summed E-state index contributed by atoms with van der Waals surface area (Å²) in [6.45, 7) is 0. The van der Waals surface area contributed by atoms with Gasteiger partial charge in [-0.15, -0.1) is 11.8 Å². The number of fused-ring (bicyclic) bond motifs is 1. The maximum atomic E-state index is 12.1. The number of nitrogens with zero attached hydrogens (tertiary/aromatic N) is 1. The van der Waals surface area contributed by atoms with Crippen LogP contribution in [0.2, 0.25) is 0 Å². The van der Waals surface area contributed by atoms with Gasteiger partial charge >= 0.3 is 0 Å². The van der Waals surface area contributed by atoms with Crippen LogP contribution in [0, 0.1) is 0 Å². The van der Waals surface area contributed by atoms with Crippen molar-refractivity contribution in [3.63, 3.8) is 0 Å². The van der Waals surface area contributed by atoms with E-state index in [2.05, 4.69) is 10.5 Å². The molecule has 2 heterocycles. The Balaban J connectivity index is 1.45. The van der Waals surface area contributed by atoms with Crippen molar-refractivity contribution in [2.75, 3.05) is 18.2 Å². The number of methoxy groups -OCH3 is 1. The van der Waals surface area contributed by atoms with Crippen LogP contribution in [-0.2, 0) is 4.79 Å². The van der Waals surface area contributed by atoms with Gasteiger partial charge in [0.05, 0.1) is 12.9 Å². The van der Waals surface area contributed by atoms with Gasteiger partial charge in [-0.3, -0.25) is 4.79 Å². The zero-order chi connectivity index (χ0) is 18.6. The number of benzene rings is 2. The van der Waals surface area contributed by atoms with E-state index < -0.39 is 0 Å². The van der Waals surface area contributed by atoms with E-state index in [-0.39, 0.29) is 11.7 Å². The third kappa shape index (κ3) is 3.83. The number of ether oxygens (including phenoxy) is 1.